The molecule has 0 saturated carbocycles. The van der Waals surface area contributed by atoms with Crippen LogP contribution in [0.5, 0.6) is 0 Å². The fraction of sp³-hybridized carbons (Fsp3) is 0.647. The molecule has 0 bridgehead atoms. The van der Waals surface area contributed by atoms with Gasteiger partial charge in [-0.05, 0) is 55.0 Å². The van der Waals surface area contributed by atoms with Crippen LogP contribution in [0.4, 0.5) is 13.2 Å². The number of alkyl halides is 3. The fourth-order valence-electron chi connectivity index (χ4n) is 2.35. The molecular weight excluding hydrogens is 275 g/mol. The minimum atomic E-state index is -4.28. The molecule has 1 aromatic rings. The monoisotopic (exact) mass is 301 g/mol. The maximum Gasteiger partial charge on any atom is 0.416 e. The van der Waals surface area contributed by atoms with E-state index in [4.69, 9.17) is 0 Å². The van der Waals surface area contributed by atoms with E-state index in [1.54, 1.807) is 13.0 Å². The zero-order valence-electron chi connectivity index (χ0n) is 13.7. The molecule has 4 heteroatoms. The molecule has 2 atom stereocenters. The molecular formula is C17H26F3N. The molecule has 0 aromatic heterocycles. The van der Waals surface area contributed by atoms with E-state index in [9.17, 15) is 13.2 Å². The van der Waals surface area contributed by atoms with E-state index < -0.39 is 11.7 Å². The molecule has 21 heavy (non-hydrogen) atoms. The summed E-state index contributed by atoms with van der Waals surface area (Å²) in [7, 11) is 1.86. The Kier molecular flexibility index (Phi) is 5.48. The first-order chi connectivity index (χ1) is 9.46. The number of benzene rings is 1. The summed E-state index contributed by atoms with van der Waals surface area (Å²) in [4.78, 5) is 0. The van der Waals surface area contributed by atoms with Crippen molar-refractivity contribution in [2.24, 2.45) is 11.3 Å². The van der Waals surface area contributed by atoms with Crippen LogP contribution in [-0.2, 0) is 6.18 Å². The normalized spacial score (nSPS) is 15.9. The Labute approximate surface area is 125 Å². The van der Waals surface area contributed by atoms with Gasteiger partial charge in [-0.1, -0.05) is 33.8 Å². The average molecular weight is 301 g/mol. The molecule has 0 spiro atoms. The summed E-state index contributed by atoms with van der Waals surface area (Å²) in [6.07, 6.45) is -3.39. The van der Waals surface area contributed by atoms with Crippen molar-refractivity contribution in [3.8, 4) is 0 Å². The molecule has 0 radical (unpaired) electrons. The first-order valence-electron chi connectivity index (χ1n) is 7.31. The maximum atomic E-state index is 12.7. The van der Waals surface area contributed by atoms with Gasteiger partial charge in [-0.15, -0.1) is 0 Å². The SMILES string of the molecule is CNC(CC(C)C(C)(C)C)c1ccc(C(F)(F)F)cc1C. The van der Waals surface area contributed by atoms with Crippen molar-refractivity contribution in [2.45, 2.75) is 53.3 Å². The van der Waals surface area contributed by atoms with E-state index in [2.05, 4.69) is 33.0 Å². The van der Waals surface area contributed by atoms with Gasteiger partial charge in [-0.25, -0.2) is 0 Å². The van der Waals surface area contributed by atoms with Crippen molar-refractivity contribution in [1.82, 2.24) is 5.32 Å². The average Bonchev–Trinajstić information content (AvgIpc) is 2.33. The highest BCUT2D eigenvalue weighted by Crippen LogP contribution is 2.36. The Morgan fingerprint density at radius 2 is 1.71 bits per heavy atom. The zero-order valence-corrected chi connectivity index (χ0v) is 13.7. The minimum absolute atomic E-state index is 0.0708. The van der Waals surface area contributed by atoms with Crippen LogP contribution in [0, 0.1) is 18.3 Å². The highest BCUT2D eigenvalue weighted by Gasteiger charge is 2.31. The summed E-state index contributed by atoms with van der Waals surface area (Å²) in [5, 5.41) is 3.24. The van der Waals surface area contributed by atoms with Crippen LogP contribution in [0.25, 0.3) is 0 Å². The van der Waals surface area contributed by atoms with Gasteiger partial charge in [-0.3, -0.25) is 0 Å². The molecule has 1 nitrogen and oxygen atoms in total. The van der Waals surface area contributed by atoms with Crippen LogP contribution >= 0.6 is 0 Å². The quantitative estimate of drug-likeness (QED) is 0.791. The van der Waals surface area contributed by atoms with Gasteiger partial charge in [0.2, 0.25) is 0 Å². The van der Waals surface area contributed by atoms with Crippen molar-refractivity contribution in [3.63, 3.8) is 0 Å². The van der Waals surface area contributed by atoms with Crippen molar-refractivity contribution in [3.05, 3.63) is 34.9 Å². The molecule has 0 aliphatic carbocycles. The lowest BCUT2D eigenvalue weighted by atomic mass is 9.77. The lowest BCUT2D eigenvalue weighted by Gasteiger charge is -2.31. The summed E-state index contributed by atoms with van der Waals surface area (Å²) in [5.41, 5.74) is 1.23. The van der Waals surface area contributed by atoms with Crippen molar-refractivity contribution >= 4 is 0 Å². The van der Waals surface area contributed by atoms with Crippen LogP contribution in [0.1, 0.15) is 56.8 Å². The highest BCUT2D eigenvalue weighted by atomic mass is 19.4. The number of nitrogens with one attached hydrogen (secondary N) is 1. The van der Waals surface area contributed by atoms with Gasteiger partial charge in [0, 0.05) is 6.04 Å². The van der Waals surface area contributed by atoms with Gasteiger partial charge < -0.3 is 5.32 Å². The number of rotatable bonds is 4. The third-order valence-corrected chi connectivity index (χ3v) is 4.39. The van der Waals surface area contributed by atoms with Crippen LogP contribution in [0.15, 0.2) is 18.2 Å². The molecule has 0 aliphatic rings. The van der Waals surface area contributed by atoms with Gasteiger partial charge >= 0.3 is 6.18 Å². The lowest BCUT2D eigenvalue weighted by Crippen LogP contribution is -2.26. The van der Waals surface area contributed by atoms with Crippen LogP contribution in [-0.4, -0.2) is 7.05 Å². The number of hydrogen-bond acceptors (Lipinski definition) is 1. The van der Waals surface area contributed by atoms with E-state index in [0.29, 0.717) is 11.5 Å². The van der Waals surface area contributed by atoms with E-state index in [-0.39, 0.29) is 11.5 Å². The summed E-state index contributed by atoms with van der Waals surface area (Å²) in [6, 6.07) is 4.09. The second-order valence-corrected chi connectivity index (χ2v) is 6.91. The molecule has 120 valence electrons. The summed E-state index contributed by atoms with van der Waals surface area (Å²) < 4.78 is 38.2. The summed E-state index contributed by atoms with van der Waals surface area (Å²) in [5.74, 6) is 0.455. The van der Waals surface area contributed by atoms with E-state index >= 15 is 0 Å². The zero-order chi connectivity index (χ0) is 16.4. The van der Waals surface area contributed by atoms with Gasteiger partial charge in [0.1, 0.15) is 0 Å². The van der Waals surface area contributed by atoms with Crippen molar-refractivity contribution in [1.29, 1.82) is 0 Å². The van der Waals surface area contributed by atoms with Crippen molar-refractivity contribution in [2.75, 3.05) is 7.05 Å². The van der Waals surface area contributed by atoms with Crippen LogP contribution in [0.3, 0.4) is 0 Å². The van der Waals surface area contributed by atoms with E-state index in [1.165, 1.54) is 12.1 Å². The highest BCUT2D eigenvalue weighted by molar-refractivity contribution is 5.34. The third-order valence-electron chi connectivity index (χ3n) is 4.39. The van der Waals surface area contributed by atoms with Gasteiger partial charge in [0.05, 0.1) is 5.56 Å². The summed E-state index contributed by atoms with van der Waals surface area (Å²) in [6.45, 7) is 10.5. The predicted octanol–water partition coefficient (Wildman–Crippen LogP) is 5.35. The molecule has 0 saturated heterocycles. The first kappa shape index (κ1) is 18.0. The molecule has 1 rings (SSSR count). The second-order valence-electron chi connectivity index (χ2n) is 6.91. The Balaban J connectivity index is 3.02. The Bertz CT molecular complexity index is 472. The molecule has 0 amide bonds. The number of halogens is 3. The topological polar surface area (TPSA) is 12.0 Å². The lowest BCUT2D eigenvalue weighted by molar-refractivity contribution is -0.137. The molecule has 1 aromatic carbocycles. The number of hydrogen-bond donors (Lipinski definition) is 1. The van der Waals surface area contributed by atoms with Crippen LogP contribution < -0.4 is 5.32 Å². The second kappa shape index (κ2) is 6.39. The standard InChI is InChI=1S/C17H26F3N/c1-11-9-13(17(18,19)20)7-8-14(11)15(21-6)10-12(2)16(3,4)5/h7-9,12,15,21H,10H2,1-6H3. The van der Waals surface area contributed by atoms with Crippen LogP contribution in [0.2, 0.25) is 0 Å². The molecule has 1 N–H and O–H groups in total. The minimum Gasteiger partial charge on any atom is -0.313 e. The Morgan fingerprint density at radius 3 is 2.10 bits per heavy atom. The van der Waals surface area contributed by atoms with E-state index in [1.807, 2.05) is 7.05 Å². The third kappa shape index (κ3) is 4.73. The number of aryl methyl sites for hydroxylation is 1. The molecule has 0 aliphatic heterocycles. The van der Waals surface area contributed by atoms with Gasteiger partial charge in [-0.2, -0.15) is 13.2 Å². The molecule has 2 unspecified atom stereocenters. The maximum absolute atomic E-state index is 12.7. The first-order valence-corrected chi connectivity index (χ1v) is 7.31. The van der Waals surface area contributed by atoms with Gasteiger partial charge in [0.15, 0.2) is 0 Å². The fourth-order valence-corrected chi connectivity index (χ4v) is 2.35. The Hall–Kier alpha value is -1.03. The van der Waals surface area contributed by atoms with Crippen molar-refractivity contribution < 1.29 is 13.2 Å². The summed E-state index contributed by atoms with van der Waals surface area (Å²) >= 11 is 0. The Morgan fingerprint density at radius 1 is 1.14 bits per heavy atom. The molecule has 0 fully saturated rings. The molecule has 0 heterocycles. The van der Waals surface area contributed by atoms with Gasteiger partial charge in [0.25, 0.3) is 0 Å². The smallest absolute Gasteiger partial charge is 0.313 e. The predicted molar refractivity (Wildman–Crippen MR) is 81.2 cm³/mol. The largest absolute Gasteiger partial charge is 0.416 e. The van der Waals surface area contributed by atoms with E-state index in [0.717, 1.165) is 12.0 Å².